The van der Waals surface area contributed by atoms with Crippen molar-refractivity contribution in [2.24, 2.45) is 0 Å². The number of aromatic nitrogens is 4. The molecule has 0 saturated heterocycles. The summed E-state index contributed by atoms with van der Waals surface area (Å²) in [5.41, 5.74) is 5.46. The second kappa shape index (κ2) is 7.04. The summed E-state index contributed by atoms with van der Waals surface area (Å²) in [4.78, 5) is 18.4. The predicted molar refractivity (Wildman–Crippen MR) is 91.3 cm³/mol. The van der Waals surface area contributed by atoms with Gasteiger partial charge >= 0.3 is 35.3 Å². The van der Waals surface area contributed by atoms with Crippen molar-refractivity contribution in [2.75, 3.05) is 0 Å². The van der Waals surface area contributed by atoms with Gasteiger partial charge in [0.05, 0.1) is 33.5 Å². The Morgan fingerprint density at radius 1 is 0.739 bits per heavy atom. The third-order valence-corrected chi connectivity index (χ3v) is 3.66. The maximum absolute atomic E-state index is 4.88. The van der Waals surface area contributed by atoms with Crippen LogP contribution in [0.15, 0.2) is 36.7 Å². The molecule has 3 aromatic heterocycles. The van der Waals surface area contributed by atoms with Gasteiger partial charge in [-0.15, -0.1) is 0 Å². The van der Waals surface area contributed by atoms with Crippen LogP contribution in [0, 0.1) is 13.8 Å². The van der Waals surface area contributed by atoms with Crippen molar-refractivity contribution in [3.63, 3.8) is 0 Å². The van der Waals surface area contributed by atoms with Gasteiger partial charge in [-0.2, -0.15) is 0 Å². The van der Waals surface area contributed by atoms with Gasteiger partial charge in [0, 0.05) is 23.2 Å². The molecule has 3 heterocycles. The third-order valence-electron chi connectivity index (χ3n) is 3.66. The van der Waals surface area contributed by atoms with E-state index in [0.717, 1.165) is 44.2 Å². The zero-order valence-electron chi connectivity index (χ0n) is 12.3. The number of pyridine rings is 2. The van der Waals surface area contributed by atoms with E-state index in [-0.39, 0.29) is 0 Å². The van der Waals surface area contributed by atoms with Crippen LogP contribution in [0.3, 0.4) is 0 Å². The van der Waals surface area contributed by atoms with Gasteiger partial charge in [-0.05, 0) is 38.1 Å². The first-order valence-corrected chi connectivity index (χ1v) is 12.4. The number of hydrogen-bond acceptors (Lipinski definition) is 4. The molecule has 120 valence electrons. The molecule has 0 saturated carbocycles. The van der Waals surface area contributed by atoms with E-state index in [1.807, 2.05) is 38.1 Å². The van der Waals surface area contributed by atoms with Crippen molar-refractivity contribution >= 4 is 51.7 Å². The summed E-state index contributed by atoms with van der Waals surface area (Å²) >= 11 is -0.472. The van der Waals surface area contributed by atoms with E-state index in [4.69, 9.17) is 28.8 Å². The van der Waals surface area contributed by atoms with Crippen LogP contribution in [-0.2, 0) is 16.5 Å². The average molecular weight is 526 g/mol. The van der Waals surface area contributed by atoms with Gasteiger partial charge in [0.25, 0.3) is 0 Å². The molecule has 0 unspecified atom stereocenters. The first-order chi connectivity index (χ1) is 11.2. The molecule has 0 bridgehead atoms. The number of hydrogen-bond donors (Lipinski definition) is 0. The quantitative estimate of drug-likeness (QED) is 0.312. The van der Waals surface area contributed by atoms with Crippen LogP contribution in [-0.4, -0.2) is 19.9 Å². The van der Waals surface area contributed by atoms with Crippen molar-refractivity contribution in [1.82, 2.24) is 19.9 Å². The molecule has 0 aliphatic heterocycles. The van der Waals surface area contributed by atoms with Crippen molar-refractivity contribution in [2.45, 2.75) is 13.8 Å². The van der Waals surface area contributed by atoms with Gasteiger partial charge in [-0.1, -0.05) is 0 Å². The van der Waals surface area contributed by atoms with E-state index in [1.165, 1.54) is 0 Å². The molecule has 0 radical (unpaired) electrons. The Balaban J connectivity index is 0.000000485. The summed E-state index contributed by atoms with van der Waals surface area (Å²) in [6, 6.07) is 7.91. The Labute approximate surface area is 149 Å². The number of benzene rings is 1. The molecule has 1 aromatic carbocycles. The Bertz CT molecular complexity index is 927. The summed E-state index contributed by atoms with van der Waals surface area (Å²) in [6.45, 7) is 3.97. The zero-order valence-corrected chi connectivity index (χ0v) is 16.1. The number of rotatable bonds is 0. The molecule has 4 nitrogen and oxygen atoms in total. The van der Waals surface area contributed by atoms with E-state index in [1.54, 1.807) is 12.4 Å². The van der Waals surface area contributed by atoms with E-state index >= 15 is 0 Å². The molecule has 23 heavy (non-hydrogen) atoms. The number of halogens is 2. The summed E-state index contributed by atoms with van der Waals surface area (Å²) < 4.78 is 0. The van der Waals surface area contributed by atoms with Crippen molar-refractivity contribution in [1.29, 1.82) is 0 Å². The molecule has 0 spiro atoms. The fraction of sp³-hybridized carbons (Fsp3) is 0.125. The van der Waals surface area contributed by atoms with Crippen LogP contribution in [0.25, 0.3) is 32.8 Å². The van der Waals surface area contributed by atoms with E-state index < -0.39 is 16.5 Å². The SMILES string of the molecule is Cc1nc2c3cccnc3c3ncccc3c2nc1C.[Cl][Pt][Cl]. The molecule has 0 N–H and O–H groups in total. The molecule has 7 heteroatoms. The van der Waals surface area contributed by atoms with E-state index in [0.29, 0.717) is 0 Å². The summed E-state index contributed by atoms with van der Waals surface area (Å²) in [5, 5.41) is 2.01. The standard InChI is InChI=1S/C16H12N4.2ClH.Pt/c1-9-10(2)20-16-12-6-4-8-18-14(12)13-11(15(16)19-9)5-3-7-17-13;;;/h3-8H,1-2H3;2*1H;/q;;;+2/p-2. The van der Waals surface area contributed by atoms with Crippen LogP contribution in [0.4, 0.5) is 0 Å². The molecule has 0 aliphatic rings. The van der Waals surface area contributed by atoms with Crippen LogP contribution in [0.1, 0.15) is 11.4 Å². The average Bonchev–Trinajstić information content (AvgIpc) is 2.57. The minimum absolute atomic E-state index is 0.472. The minimum atomic E-state index is -0.472. The Morgan fingerprint density at radius 3 is 1.52 bits per heavy atom. The van der Waals surface area contributed by atoms with Gasteiger partial charge in [0.2, 0.25) is 0 Å². The molecular weight excluding hydrogens is 514 g/mol. The van der Waals surface area contributed by atoms with E-state index in [2.05, 4.69) is 9.97 Å². The maximum atomic E-state index is 4.88. The third kappa shape index (κ3) is 3.03. The molecule has 4 aromatic rings. The fourth-order valence-corrected chi connectivity index (χ4v) is 2.55. The van der Waals surface area contributed by atoms with Crippen molar-refractivity contribution < 1.29 is 16.5 Å². The zero-order chi connectivity index (χ0) is 16.4. The summed E-state index contributed by atoms with van der Waals surface area (Å²) in [5.74, 6) is 0. The predicted octanol–water partition coefficient (Wildman–Crippen LogP) is 4.72. The summed E-state index contributed by atoms with van der Waals surface area (Å²) in [7, 11) is 9.75. The van der Waals surface area contributed by atoms with Crippen LogP contribution in [0.5, 0.6) is 0 Å². The normalized spacial score (nSPS) is 11.0. The Kier molecular flexibility index (Phi) is 5.05. The first-order valence-electron chi connectivity index (χ1n) is 6.76. The molecule has 4 rings (SSSR count). The molecule has 0 fully saturated rings. The second-order valence-corrected chi connectivity index (χ2v) is 8.22. The van der Waals surface area contributed by atoms with Gasteiger partial charge in [0.15, 0.2) is 0 Å². The monoisotopic (exact) mass is 525 g/mol. The first kappa shape index (κ1) is 16.5. The van der Waals surface area contributed by atoms with Crippen molar-refractivity contribution in [3.8, 4) is 0 Å². The molecular formula is C16H12Cl2N4Pt. The Hall–Kier alpha value is -1.35. The van der Waals surface area contributed by atoms with Gasteiger partial charge in [-0.3, -0.25) is 9.97 Å². The molecule has 0 aliphatic carbocycles. The van der Waals surface area contributed by atoms with Crippen molar-refractivity contribution in [3.05, 3.63) is 48.0 Å². The Morgan fingerprint density at radius 2 is 1.13 bits per heavy atom. The second-order valence-electron chi connectivity index (χ2n) is 4.94. The topological polar surface area (TPSA) is 51.6 Å². The number of fused-ring (bicyclic) bond motifs is 6. The van der Waals surface area contributed by atoms with Crippen LogP contribution in [0.2, 0.25) is 0 Å². The van der Waals surface area contributed by atoms with Gasteiger partial charge in [0.1, 0.15) is 0 Å². The van der Waals surface area contributed by atoms with Gasteiger partial charge < -0.3 is 0 Å². The van der Waals surface area contributed by atoms with E-state index in [9.17, 15) is 0 Å². The summed E-state index contributed by atoms with van der Waals surface area (Å²) in [6.07, 6.45) is 3.58. The van der Waals surface area contributed by atoms with Crippen LogP contribution >= 0.6 is 18.8 Å². The number of aryl methyl sites for hydroxylation is 2. The molecule has 0 amide bonds. The van der Waals surface area contributed by atoms with Crippen LogP contribution < -0.4 is 0 Å². The molecule has 0 atom stereocenters. The number of nitrogens with zero attached hydrogens (tertiary/aromatic N) is 4. The van der Waals surface area contributed by atoms with Gasteiger partial charge in [-0.25, -0.2) is 9.97 Å². The fourth-order valence-electron chi connectivity index (χ4n) is 2.55.